The van der Waals surface area contributed by atoms with E-state index < -0.39 is 18.7 Å². The molecule has 1 aromatic rings. The zero-order chi connectivity index (χ0) is 13.1. The highest BCUT2D eigenvalue weighted by Crippen LogP contribution is 2.27. The molecule has 17 heavy (non-hydrogen) atoms. The first-order chi connectivity index (χ1) is 7.86. The van der Waals surface area contributed by atoms with E-state index in [2.05, 4.69) is 0 Å². The number of nitriles is 1. The third-order valence-corrected chi connectivity index (χ3v) is 2.51. The van der Waals surface area contributed by atoms with Gasteiger partial charge >= 0.3 is 6.18 Å². The van der Waals surface area contributed by atoms with Gasteiger partial charge in [-0.3, -0.25) is 0 Å². The normalized spacial score (nSPS) is 12.9. The lowest BCUT2D eigenvalue weighted by Crippen LogP contribution is -2.27. The lowest BCUT2D eigenvalue weighted by Gasteiger charge is -2.15. The van der Waals surface area contributed by atoms with Gasteiger partial charge < -0.3 is 4.74 Å². The Morgan fingerprint density at radius 2 is 2.00 bits per heavy atom. The van der Waals surface area contributed by atoms with Crippen LogP contribution in [0, 0.1) is 31.1 Å². The SMILES string of the molecule is Cc1cccc(OCC(C#N)C(F)(F)F)c1C. The number of hydrogen-bond donors (Lipinski definition) is 0. The Kier molecular flexibility index (Phi) is 4.00. The first-order valence-electron chi connectivity index (χ1n) is 5.01. The van der Waals surface area contributed by atoms with Crippen LogP contribution in [0.3, 0.4) is 0 Å². The number of rotatable bonds is 3. The van der Waals surface area contributed by atoms with Gasteiger partial charge in [-0.2, -0.15) is 18.4 Å². The number of nitrogens with zero attached hydrogens (tertiary/aromatic N) is 1. The van der Waals surface area contributed by atoms with Crippen molar-refractivity contribution < 1.29 is 17.9 Å². The molecule has 0 aromatic heterocycles. The van der Waals surface area contributed by atoms with E-state index in [1.165, 1.54) is 6.07 Å². The minimum absolute atomic E-state index is 0.384. The molecule has 1 rings (SSSR count). The molecule has 0 aliphatic heterocycles. The fourth-order valence-corrected chi connectivity index (χ4v) is 1.26. The predicted octanol–water partition coefficient (Wildman–Crippen LogP) is 3.38. The molecule has 0 bridgehead atoms. The van der Waals surface area contributed by atoms with Gasteiger partial charge in [-0.25, -0.2) is 0 Å². The van der Waals surface area contributed by atoms with Crippen molar-refractivity contribution in [2.45, 2.75) is 20.0 Å². The van der Waals surface area contributed by atoms with Crippen LogP contribution in [-0.2, 0) is 0 Å². The van der Waals surface area contributed by atoms with Gasteiger partial charge in [0.2, 0.25) is 0 Å². The standard InChI is InChI=1S/C12H12F3NO/c1-8-4-3-5-11(9(8)2)17-7-10(6-16)12(13,14)15/h3-5,10H,7H2,1-2H3. The van der Waals surface area contributed by atoms with Crippen LogP contribution in [0.25, 0.3) is 0 Å². The largest absolute Gasteiger partial charge is 0.492 e. The van der Waals surface area contributed by atoms with Gasteiger partial charge in [-0.15, -0.1) is 0 Å². The van der Waals surface area contributed by atoms with Crippen LogP contribution in [0.2, 0.25) is 0 Å². The molecule has 0 saturated heterocycles. The van der Waals surface area contributed by atoms with Crippen molar-refractivity contribution >= 4 is 0 Å². The second kappa shape index (κ2) is 5.09. The van der Waals surface area contributed by atoms with Crippen molar-refractivity contribution in [2.24, 2.45) is 5.92 Å². The van der Waals surface area contributed by atoms with Crippen molar-refractivity contribution in [3.8, 4) is 11.8 Å². The van der Waals surface area contributed by atoms with Crippen LogP contribution < -0.4 is 4.74 Å². The molecule has 1 unspecified atom stereocenters. The average molecular weight is 243 g/mol. The Hall–Kier alpha value is -1.70. The van der Waals surface area contributed by atoms with Gasteiger partial charge in [0.1, 0.15) is 12.4 Å². The lowest BCUT2D eigenvalue weighted by atomic mass is 10.1. The van der Waals surface area contributed by atoms with E-state index in [9.17, 15) is 13.2 Å². The molecule has 0 spiro atoms. The smallest absolute Gasteiger partial charge is 0.407 e. The van der Waals surface area contributed by atoms with E-state index in [1.54, 1.807) is 19.1 Å². The molecule has 0 fully saturated rings. The van der Waals surface area contributed by atoms with E-state index in [0.717, 1.165) is 11.1 Å². The van der Waals surface area contributed by atoms with Gasteiger partial charge in [0.05, 0.1) is 6.07 Å². The fourth-order valence-electron chi connectivity index (χ4n) is 1.26. The van der Waals surface area contributed by atoms with E-state index in [4.69, 9.17) is 10.00 Å². The number of ether oxygens (including phenoxy) is 1. The summed E-state index contributed by atoms with van der Waals surface area (Å²) in [7, 11) is 0. The number of aryl methyl sites for hydroxylation is 1. The summed E-state index contributed by atoms with van der Waals surface area (Å²) in [5.41, 5.74) is 1.72. The number of alkyl halides is 3. The summed E-state index contributed by atoms with van der Waals surface area (Å²) in [6.45, 7) is 2.93. The molecular weight excluding hydrogens is 231 g/mol. The van der Waals surface area contributed by atoms with Crippen LogP contribution in [0.15, 0.2) is 18.2 Å². The van der Waals surface area contributed by atoms with Crippen LogP contribution >= 0.6 is 0 Å². The van der Waals surface area contributed by atoms with Gasteiger partial charge in [0.25, 0.3) is 0 Å². The molecule has 1 atom stereocenters. The Morgan fingerprint density at radius 3 is 2.53 bits per heavy atom. The first-order valence-corrected chi connectivity index (χ1v) is 5.01. The van der Waals surface area contributed by atoms with Crippen molar-refractivity contribution in [3.05, 3.63) is 29.3 Å². The van der Waals surface area contributed by atoms with E-state index in [1.807, 2.05) is 13.0 Å². The highest BCUT2D eigenvalue weighted by atomic mass is 19.4. The van der Waals surface area contributed by atoms with E-state index in [-0.39, 0.29) is 0 Å². The molecule has 1 aromatic carbocycles. The van der Waals surface area contributed by atoms with Crippen LogP contribution in [0.4, 0.5) is 13.2 Å². The minimum Gasteiger partial charge on any atom is -0.492 e. The molecule has 0 radical (unpaired) electrons. The van der Waals surface area contributed by atoms with Crippen LogP contribution in [0.1, 0.15) is 11.1 Å². The molecule has 0 amide bonds. The van der Waals surface area contributed by atoms with Crippen LogP contribution in [-0.4, -0.2) is 12.8 Å². The summed E-state index contributed by atoms with van der Waals surface area (Å²) < 4.78 is 42.0. The molecule has 0 N–H and O–H groups in total. The Labute approximate surface area is 97.6 Å². The number of hydrogen-bond acceptors (Lipinski definition) is 2. The van der Waals surface area contributed by atoms with Crippen LogP contribution in [0.5, 0.6) is 5.75 Å². The first kappa shape index (κ1) is 13.4. The topological polar surface area (TPSA) is 33.0 Å². The summed E-state index contributed by atoms with van der Waals surface area (Å²) >= 11 is 0. The summed E-state index contributed by atoms with van der Waals surface area (Å²) in [4.78, 5) is 0. The summed E-state index contributed by atoms with van der Waals surface area (Å²) in [6, 6.07) is 6.33. The average Bonchev–Trinajstić information content (AvgIpc) is 2.23. The molecule has 5 heteroatoms. The zero-order valence-electron chi connectivity index (χ0n) is 9.51. The van der Waals surface area contributed by atoms with E-state index in [0.29, 0.717) is 5.75 Å². The minimum atomic E-state index is -4.55. The molecule has 0 saturated carbocycles. The number of halogens is 3. The molecule has 0 heterocycles. The maximum absolute atomic E-state index is 12.3. The van der Waals surface area contributed by atoms with Gasteiger partial charge in [-0.1, -0.05) is 12.1 Å². The fraction of sp³-hybridized carbons (Fsp3) is 0.417. The molecular formula is C12H12F3NO. The monoisotopic (exact) mass is 243 g/mol. The highest BCUT2D eigenvalue weighted by Gasteiger charge is 2.40. The summed E-state index contributed by atoms with van der Waals surface area (Å²) in [5.74, 6) is -1.71. The maximum atomic E-state index is 12.3. The van der Waals surface area contributed by atoms with Gasteiger partial charge in [-0.05, 0) is 31.0 Å². The highest BCUT2D eigenvalue weighted by molar-refractivity contribution is 5.38. The molecule has 92 valence electrons. The van der Waals surface area contributed by atoms with Crippen molar-refractivity contribution in [1.29, 1.82) is 5.26 Å². The zero-order valence-corrected chi connectivity index (χ0v) is 9.51. The second-order valence-electron chi connectivity index (χ2n) is 3.73. The Bertz CT molecular complexity index is 434. The van der Waals surface area contributed by atoms with Crippen molar-refractivity contribution in [2.75, 3.05) is 6.61 Å². The molecule has 0 aliphatic carbocycles. The second-order valence-corrected chi connectivity index (χ2v) is 3.73. The quantitative estimate of drug-likeness (QED) is 0.815. The molecule has 0 aliphatic rings. The van der Waals surface area contributed by atoms with Gasteiger partial charge in [0.15, 0.2) is 5.92 Å². The van der Waals surface area contributed by atoms with Crippen molar-refractivity contribution in [1.82, 2.24) is 0 Å². The number of benzene rings is 1. The summed E-state index contributed by atoms with van der Waals surface area (Å²) in [6.07, 6.45) is -4.55. The third kappa shape index (κ3) is 3.38. The molecule has 2 nitrogen and oxygen atoms in total. The predicted molar refractivity (Wildman–Crippen MR) is 56.6 cm³/mol. The lowest BCUT2D eigenvalue weighted by molar-refractivity contribution is -0.165. The third-order valence-electron chi connectivity index (χ3n) is 2.51. The Balaban J connectivity index is 2.74. The summed E-state index contributed by atoms with van der Waals surface area (Å²) in [5, 5.41) is 8.41. The van der Waals surface area contributed by atoms with Crippen molar-refractivity contribution in [3.63, 3.8) is 0 Å². The van der Waals surface area contributed by atoms with E-state index >= 15 is 0 Å². The maximum Gasteiger partial charge on any atom is 0.407 e. The Morgan fingerprint density at radius 1 is 1.35 bits per heavy atom. The van der Waals surface area contributed by atoms with Gasteiger partial charge in [0, 0.05) is 0 Å².